The van der Waals surface area contributed by atoms with Gasteiger partial charge in [-0.3, -0.25) is 4.79 Å². The molecule has 1 amide bonds. The van der Waals surface area contributed by atoms with E-state index in [1.807, 2.05) is 19.1 Å². The Bertz CT molecular complexity index is 656. The van der Waals surface area contributed by atoms with Crippen molar-refractivity contribution in [2.45, 2.75) is 11.8 Å². The molecule has 0 aliphatic rings. The van der Waals surface area contributed by atoms with Crippen molar-refractivity contribution in [3.8, 4) is 0 Å². The van der Waals surface area contributed by atoms with Crippen LogP contribution in [0.25, 0.3) is 0 Å². The third-order valence-electron chi connectivity index (χ3n) is 2.75. The monoisotopic (exact) mass is 308 g/mol. The number of benzene rings is 2. The van der Waals surface area contributed by atoms with Gasteiger partial charge in [0, 0.05) is 10.6 Å². The van der Waals surface area contributed by atoms with Crippen molar-refractivity contribution in [3.05, 3.63) is 53.6 Å². The van der Waals surface area contributed by atoms with Crippen LogP contribution >= 0.6 is 11.8 Å². The Morgan fingerprint density at radius 1 is 1.24 bits per heavy atom. The molecular weight excluding hydrogens is 294 g/mol. The van der Waals surface area contributed by atoms with Gasteiger partial charge in [-0.2, -0.15) is 0 Å². The fourth-order valence-corrected chi connectivity index (χ4v) is 2.48. The van der Waals surface area contributed by atoms with Crippen LogP contribution in [-0.4, -0.2) is 11.7 Å². The van der Waals surface area contributed by atoms with Gasteiger partial charge in [0.25, 0.3) is 0 Å². The van der Waals surface area contributed by atoms with E-state index in [1.165, 1.54) is 17.8 Å². The van der Waals surface area contributed by atoms with Gasteiger partial charge in [0.2, 0.25) is 5.91 Å². The van der Waals surface area contributed by atoms with Gasteiger partial charge in [-0.15, -0.1) is 11.8 Å². The van der Waals surface area contributed by atoms with Crippen molar-refractivity contribution in [3.63, 3.8) is 0 Å². The molecule has 0 aliphatic heterocycles. The molecule has 2 aromatic carbocycles. The van der Waals surface area contributed by atoms with E-state index in [0.717, 1.165) is 22.6 Å². The minimum atomic E-state index is -0.803. The van der Waals surface area contributed by atoms with Crippen LogP contribution in [0.4, 0.5) is 20.2 Å². The zero-order chi connectivity index (χ0) is 15.4. The lowest BCUT2D eigenvalue weighted by molar-refractivity contribution is -0.113. The van der Waals surface area contributed by atoms with Gasteiger partial charge in [-0.1, -0.05) is 12.1 Å². The standard InChI is InChI=1S/C15H14F2N2OS/c1-9-5-6-13(12(18)7-9)21-8-14(20)19-15-10(16)3-2-4-11(15)17/h2-7H,8,18H2,1H3,(H,19,20). The van der Waals surface area contributed by atoms with Crippen molar-refractivity contribution < 1.29 is 13.6 Å². The Hall–Kier alpha value is -2.08. The zero-order valence-corrected chi connectivity index (χ0v) is 12.1. The average Bonchev–Trinajstić information content (AvgIpc) is 2.42. The van der Waals surface area contributed by atoms with Crippen LogP contribution in [0.5, 0.6) is 0 Å². The number of thioether (sulfide) groups is 1. The Labute approximate surface area is 125 Å². The number of halogens is 2. The number of hydrogen-bond donors (Lipinski definition) is 2. The first-order chi connectivity index (χ1) is 9.97. The molecule has 0 bridgehead atoms. The quantitative estimate of drug-likeness (QED) is 0.670. The van der Waals surface area contributed by atoms with E-state index in [4.69, 9.17) is 5.73 Å². The van der Waals surface area contributed by atoms with Gasteiger partial charge >= 0.3 is 0 Å². The Morgan fingerprint density at radius 3 is 2.52 bits per heavy atom. The van der Waals surface area contributed by atoms with E-state index in [-0.39, 0.29) is 5.75 Å². The second-order valence-electron chi connectivity index (χ2n) is 4.47. The third-order valence-corrected chi connectivity index (χ3v) is 3.84. The lowest BCUT2D eigenvalue weighted by atomic mass is 10.2. The highest BCUT2D eigenvalue weighted by molar-refractivity contribution is 8.00. The number of rotatable bonds is 4. The highest BCUT2D eigenvalue weighted by Crippen LogP contribution is 2.26. The number of para-hydroxylation sites is 1. The fraction of sp³-hybridized carbons (Fsp3) is 0.133. The molecule has 0 aromatic heterocycles. The van der Waals surface area contributed by atoms with E-state index >= 15 is 0 Å². The molecule has 0 unspecified atom stereocenters. The van der Waals surface area contributed by atoms with Gasteiger partial charge in [0.15, 0.2) is 0 Å². The first kappa shape index (κ1) is 15.3. The molecular formula is C15H14F2N2OS. The summed E-state index contributed by atoms with van der Waals surface area (Å²) in [5, 5.41) is 2.23. The number of anilines is 2. The summed E-state index contributed by atoms with van der Waals surface area (Å²) in [6, 6.07) is 8.91. The van der Waals surface area contributed by atoms with Gasteiger partial charge in [-0.25, -0.2) is 8.78 Å². The minimum absolute atomic E-state index is 0.0149. The Balaban J connectivity index is 1.99. The molecule has 6 heteroatoms. The third kappa shape index (κ3) is 3.95. The lowest BCUT2D eigenvalue weighted by Crippen LogP contribution is -2.16. The number of hydrogen-bond acceptors (Lipinski definition) is 3. The minimum Gasteiger partial charge on any atom is -0.398 e. The molecule has 110 valence electrons. The molecule has 0 heterocycles. The van der Waals surface area contributed by atoms with Gasteiger partial charge < -0.3 is 11.1 Å². The number of nitrogens with one attached hydrogen (secondary N) is 1. The molecule has 0 spiro atoms. The van der Waals surface area contributed by atoms with Crippen LogP contribution in [0.15, 0.2) is 41.3 Å². The van der Waals surface area contributed by atoms with E-state index in [9.17, 15) is 13.6 Å². The summed E-state index contributed by atoms with van der Waals surface area (Å²) in [4.78, 5) is 12.5. The smallest absolute Gasteiger partial charge is 0.234 e. The predicted molar refractivity (Wildman–Crippen MR) is 81.3 cm³/mol. The second kappa shape index (κ2) is 6.58. The zero-order valence-electron chi connectivity index (χ0n) is 11.3. The molecule has 0 saturated carbocycles. The topological polar surface area (TPSA) is 55.1 Å². The van der Waals surface area contributed by atoms with E-state index in [2.05, 4.69) is 5.32 Å². The Kier molecular flexibility index (Phi) is 4.80. The molecule has 0 aliphatic carbocycles. The van der Waals surface area contributed by atoms with Crippen molar-refractivity contribution in [2.75, 3.05) is 16.8 Å². The van der Waals surface area contributed by atoms with Crippen LogP contribution in [0.3, 0.4) is 0 Å². The van der Waals surface area contributed by atoms with E-state index in [1.54, 1.807) is 6.07 Å². The summed E-state index contributed by atoms with van der Waals surface area (Å²) in [5.74, 6) is -2.09. The van der Waals surface area contributed by atoms with Crippen molar-refractivity contribution in [1.82, 2.24) is 0 Å². The molecule has 3 nitrogen and oxygen atoms in total. The van der Waals surface area contributed by atoms with Gasteiger partial charge in [0.05, 0.1) is 5.75 Å². The summed E-state index contributed by atoms with van der Waals surface area (Å²) in [7, 11) is 0. The number of carbonyl (C=O) groups excluding carboxylic acids is 1. The first-order valence-electron chi connectivity index (χ1n) is 6.20. The summed E-state index contributed by atoms with van der Waals surface area (Å²) in [5.41, 5.74) is 7.00. The van der Waals surface area contributed by atoms with Crippen molar-refractivity contribution in [1.29, 1.82) is 0 Å². The number of nitrogen functional groups attached to an aromatic ring is 1. The average molecular weight is 308 g/mol. The predicted octanol–water partition coefficient (Wildman–Crippen LogP) is 3.59. The SMILES string of the molecule is Cc1ccc(SCC(=O)Nc2c(F)cccc2F)c(N)c1. The lowest BCUT2D eigenvalue weighted by Gasteiger charge is -2.08. The molecule has 0 fully saturated rings. The maximum atomic E-state index is 13.4. The molecule has 2 rings (SSSR count). The largest absolute Gasteiger partial charge is 0.398 e. The number of aryl methyl sites for hydroxylation is 1. The van der Waals surface area contributed by atoms with Crippen LogP contribution in [0.2, 0.25) is 0 Å². The van der Waals surface area contributed by atoms with Crippen LogP contribution in [0, 0.1) is 18.6 Å². The van der Waals surface area contributed by atoms with Crippen molar-refractivity contribution in [2.24, 2.45) is 0 Å². The molecule has 3 N–H and O–H groups in total. The number of nitrogens with two attached hydrogens (primary N) is 1. The molecule has 0 atom stereocenters. The second-order valence-corrected chi connectivity index (χ2v) is 5.49. The summed E-state index contributed by atoms with van der Waals surface area (Å²) in [6.45, 7) is 1.92. The van der Waals surface area contributed by atoms with Crippen LogP contribution < -0.4 is 11.1 Å². The molecule has 21 heavy (non-hydrogen) atoms. The first-order valence-corrected chi connectivity index (χ1v) is 7.18. The van der Waals surface area contributed by atoms with Crippen LogP contribution in [0.1, 0.15) is 5.56 Å². The van der Waals surface area contributed by atoms with Gasteiger partial charge in [0.1, 0.15) is 17.3 Å². The van der Waals surface area contributed by atoms with E-state index < -0.39 is 23.2 Å². The van der Waals surface area contributed by atoms with Crippen LogP contribution in [-0.2, 0) is 4.79 Å². The number of amides is 1. The summed E-state index contributed by atoms with van der Waals surface area (Å²) >= 11 is 1.21. The summed E-state index contributed by atoms with van der Waals surface area (Å²) < 4.78 is 26.8. The van der Waals surface area contributed by atoms with Crippen molar-refractivity contribution >= 4 is 29.0 Å². The molecule has 0 radical (unpaired) electrons. The van der Waals surface area contributed by atoms with E-state index in [0.29, 0.717) is 5.69 Å². The van der Waals surface area contributed by atoms with Gasteiger partial charge in [-0.05, 0) is 36.8 Å². The fourth-order valence-electron chi connectivity index (χ4n) is 1.74. The number of carbonyl (C=O) groups is 1. The highest BCUT2D eigenvalue weighted by Gasteiger charge is 2.12. The summed E-state index contributed by atoms with van der Waals surface area (Å²) in [6.07, 6.45) is 0. The maximum Gasteiger partial charge on any atom is 0.234 e. The molecule has 2 aromatic rings. The maximum absolute atomic E-state index is 13.4. The molecule has 0 saturated heterocycles. The normalized spacial score (nSPS) is 10.4. The Morgan fingerprint density at radius 2 is 1.90 bits per heavy atom. The highest BCUT2D eigenvalue weighted by atomic mass is 32.2.